The van der Waals surface area contributed by atoms with E-state index in [4.69, 9.17) is 11.6 Å². The van der Waals surface area contributed by atoms with E-state index in [1.54, 1.807) is 12.2 Å². The molecule has 0 radical (unpaired) electrons. The van der Waals surface area contributed by atoms with Crippen molar-refractivity contribution in [1.82, 2.24) is 14.6 Å². The first-order valence-corrected chi connectivity index (χ1v) is 6.67. The van der Waals surface area contributed by atoms with E-state index in [1.807, 2.05) is 30.3 Å². The lowest BCUT2D eigenvalue weighted by Gasteiger charge is -2.08. The van der Waals surface area contributed by atoms with Gasteiger partial charge in [0, 0.05) is 6.20 Å². The number of aromatic nitrogens is 3. The molecule has 1 aromatic carbocycles. The van der Waals surface area contributed by atoms with Gasteiger partial charge in [-0.25, -0.2) is 0 Å². The molecule has 0 bridgehead atoms. The molecule has 0 amide bonds. The monoisotopic (exact) mass is 323 g/mol. The van der Waals surface area contributed by atoms with Crippen LogP contribution < -0.4 is 0 Å². The van der Waals surface area contributed by atoms with Crippen LogP contribution in [0.25, 0.3) is 17.8 Å². The minimum Gasteiger partial charge on any atom is -0.281 e. The van der Waals surface area contributed by atoms with E-state index >= 15 is 0 Å². The summed E-state index contributed by atoms with van der Waals surface area (Å²) in [4.78, 5) is 0. The summed E-state index contributed by atoms with van der Waals surface area (Å²) in [6.45, 7) is 0. The van der Waals surface area contributed by atoms with Crippen molar-refractivity contribution in [3.63, 3.8) is 0 Å². The SMILES string of the molecule is FC(F)(F)c1cc(Cl)c2nnc(/C=C/c3ccccc3)n2c1. The molecule has 2 aromatic heterocycles. The van der Waals surface area contributed by atoms with Crippen LogP contribution >= 0.6 is 11.6 Å². The van der Waals surface area contributed by atoms with E-state index < -0.39 is 11.7 Å². The fourth-order valence-corrected chi connectivity index (χ4v) is 2.22. The Balaban J connectivity index is 2.07. The van der Waals surface area contributed by atoms with Gasteiger partial charge in [-0.05, 0) is 17.7 Å². The minimum absolute atomic E-state index is 0.0957. The van der Waals surface area contributed by atoms with Crippen molar-refractivity contribution in [3.8, 4) is 0 Å². The Labute approximate surface area is 128 Å². The first-order chi connectivity index (χ1) is 10.4. The Morgan fingerprint density at radius 1 is 1.05 bits per heavy atom. The first-order valence-electron chi connectivity index (χ1n) is 6.30. The maximum absolute atomic E-state index is 12.9. The van der Waals surface area contributed by atoms with E-state index in [1.165, 1.54) is 4.40 Å². The van der Waals surface area contributed by atoms with Crippen molar-refractivity contribution in [3.05, 3.63) is 64.6 Å². The molecule has 2 heterocycles. The van der Waals surface area contributed by atoms with Crippen LogP contribution in [0.2, 0.25) is 5.02 Å². The standard InChI is InChI=1S/C15H9ClF3N3/c16-12-8-11(15(17,18)19)9-22-13(20-21-14(12)22)7-6-10-4-2-1-3-5-10/h1-9H/b7-6+. The number of rotatable bonds is 2. The quantitative estimate of drug-likeness (QED) is 0.691. The molecule has 0 fully saturated rings. The zero-order valence-corrected chi connectivity index (χ0v) is 11.8. The number of fused-ring (bicyclic) bond motifs is 1. The molecule has 3 aromatic rings. The number of hydrogen-bond donors (Lipinski definition) is 0. The zero-order valence-electron chi connectivity index (χ0n) is 11.0. The molecule has 112 valence electrons. The van der Waals surface area contributed by atoms with Crippen molar-refractivity contribution in [1.29, 1.82) is 0 Å². The first kappa shape index (κ1) is 14.6. The summed E-state index contributed by atoms with van der Waals surface area (Å²) >= 11 is 5.85. The van der Waals surface area contributed by atoms with Crippen LogP contribution in [0.5, 0.6) is 0 Å². The Kier molecular flexibility index (Phi) is 3.62. The number of hydrogen-bond acceptors (Lipinski definition) is 2. The van der Waals surface area contributed by atoms with Crippen LogP contribution in [-0.4, -0.2) is 14.6 Å². The zero-order chi connectivity index (χ0) is 15.7. The van der Waals surface area contributed by atoms with Crippen LogP contribution in [0.4, 0.5) is 13.2 Å². The van der Waals surface area contributed by atoms with Crippen molar-refractivity contribution in [2.24, 2.45) is 0 Å². The molecular formula is C15H9ClF3N3. The molecular weight excluding hydrogens is 315 g/mol. The fraction of sp³-hybridized carbons (Fsp3) is 0.0667. The fourth-order valence-electron chi connectivity index (χ4n) is 1.97. The Morgan fingerprint density at radius 2 is 1.77 bits per heavy atom. The van der Waals surface area contributed by atoms with Crippen molar-refractivity contribution in [2.75, 3.05) is 0 Å². The van der Waals surface area contributed by atoms with Gasteiger partial charge in [0.05, 0.1) is 10.6 Å². The number of halogens is 4. The molecule has 0 spiro atoms. The normalized spacial score (nSPS) is 12.4. The number of nitrogens with zero attached hydrogens (tertiary/aromatic N) is 3. The third-order valence-corrected chi connectivity index (χ3v) is 3.32. The number of benzene rings is 1. The number of pyridine rings is 1. The second kappa shape index (κ2) is 5.46. The molecule has 7 heteroatoms. The molecule has 0 atom stereocenters. The smallest absolute Gasteiger partial charge is 0.281 e. The second-order valence-corrected chi connectivity index (χ2v) is 4.98. The lowest BCUT2D eigenvalue weighted by Crippen LogP contribution is -2.07. The Hall–Kier alpha value is -2.34. The predicted octanol–water partition coefficient (Wildman–Crippen LogP) is 4.57. The molecule has 3 rings (SSSR count). The van der Waals surface area contributed by atoms with Crippen LogP contribution in [-0.2, 0) is 6.18 Å². The Bertz CT molecular complexity index is 838. The highest BCUT2D eigenvalue weighted by atomic mass is 35.5. The van der Waals surface area contributed by atoms with Crippen LogP contribution in [0.1, 0.15) is 17.0 Å². The summed E-state index contributed by atoms with van der Waals surface area (Å²) in [6, 6.07) is 10.2. The van der Waals surface area contributed by atoms with Gasteiger partial charge in [-0.15, -0.1) is 10.2 Å². The second-order valence-electron chi connectivity index (χ2n) is 4.57. The van der Waals surface area contributed by atoms with Crippen LogP contribution in [0, 0.1) is 0 Å². The molecule has 0 aliphatic rings. The van der Waals surface area contributed by atoms with Gasteiger partial charge in [0.25, 0.3) is 0 Å². The summed E-state index contributed by atoms with van der Waals surface area (Å²) in [5, 5.41) is 7.59. The predicted molar refractivity (Wildman–Crippen MR) is 78.4 cm³/mol. The molecule has 0 N–H and O–H groups in total. The minimum atomic E-state index is -4.48. The maximum Gasteiger partial charge on any atom is 0.417 e. The summed E-state index contributed by atoms with van der Waals surface area (Å²) in [6.07, 6.45) is -0.217. The maximum atomic E-state index is 12.9. The molecule has 3 nitrogen and oxygen atoms in total. The van der Waals surface area contributed by atoms with Gasteiger partial charge in [-0.2, -0.15) is 13.2 Å². The van der Waals surface area contributed by atoms with Crippen LogP contribution in [0.15, 0.2) is 42.6 Å². The van der Waals surface area contributed by atoms with E-state index in [-0.39, 0.29) is 16.5 Å². The van der Waals surface area contributed by atoms with Gasteiger partial charge in [-0.3, -0.25) is 4.40 Å². The van der Waals surface area contributed by atoms with Crippen molar-refractivity contribution >= 4 is 29.4 Å². The molecule has 0 aliphatic carbocycles. The summed E-state index contributed by atoms with van der Waals surface area (Å²) in [5.74, 6) is 0.270. The topological polar surface area (TPSA) is 30.2 Å². The van der Waals surface area contributed by atoms with Gasteiger partial charge in [0.2, 0.25) is 0 Å². The lowest BCUT2D eigenvalue weighted by atomic mass is 10.2. The van der Waals surface area contributed by atoms with E-state index in [2.05, 4.69) is 10.2 Å². The van der Waals surface area contributed by atoms with E-state index in [0.717, 1.165) is 17.8 Å². The molecule has 22 heavy (non-hydrogen) atoms. The van der Waals surface area contributed by atoms with Gasteiger partial charge in [0.1, 0.15) is 0 Å². The summed E-state index contributed by atoms with van der Waals surface area (Å²) in [5.41, 5.74) is 0.235. The number of alkyl halides is 3. The molecule has 0 saturated carbocycles. The van der Waals surface area contributed by atoms with Crippen molar-refractivity contribution in [2.45, 2.75) is 6.18 Å². The van der Waals surface area contributed by atoms with Gasteiger partial charge in [-0.1, -0.05) is 48.0 Å². The van der Waals surface area contributed by atoms with E-state index in [9.17, 15) is 13.2 Å². The van der Waals surface area contributed by atoms with Gasteiger partial charge >= 0.3 is 6.18 Å². The molecule has 0 saturated heterocycles. The van der Waals surface area contributed by atoms with E-state index in [0.29, 0.717) is 0 Å². The largest absolute Gasteiger partial charge is 0.417 e. The molecule has 0 aliphatic heterocycles. The lowest BCUT2D eigenvalue weighted by molar-refractivity contribution is -0.137. The third-order valence-electron chi connectivity index (χ3n) is 3.04. The highest BCUT2D eigenvalue weighted by molar-refractivity contribution is 6.33. The highest BCUT2D eigenvalue weighted by Gasteiger charge is 2.32. The van der Waals surface area contributed by atoms with Crippen LogP contribution in [0.3, 0.4) is 0 Å². The van der Waals surface area contributed by atoms with Gasteiger partial charge in [0.15, 0.2) is 11.5 Å². The summed E-state index contributed by atoms with van der Waals surface area (Å²) < 4.78 is 39.8. The summed E-state index contributed by atoms with van der Waals surface area (Å²) in [7, 11) is 0. The average molecular weight is 324 g/mol. The highest BCUT2D eigenvalue weighted by Crippen LogP contribution is 2.32. The van der Waals surface area contributed by atoms with Gasteiger partial charge < -0.3 is 0 Å². The molecule has 0 unspecified atom stereocenters. The third kappa shape index (κ3) is 2.82. The van der Waals surface area contributed by atoms with Crippen molar-refractivity contribution < 1.29 is 13.2 Å². The average Bonchev–Trinajstić information content (AvgIpc) is 2.89. The Morgan fingerprint density at radius 3 is 2.45 bits per heavy atom.